The van der Waals surface area contributed by atoms with Crippen molar-refractivity contribution in [2.75, 3.05) is 13.2 Å². The highest BCUT2D eigenvalue weighted by Gasteiger charge is 2.75. The zero-order valence-electron chi connectivity index (χ0n) is 17.4. The molecule has 0 radical (unpaired) electrons. The van der Waals surface area contributed by atoms with Crippen molar-refractivity contribution in [1.29, 1.82) is 0 Å². The van der Waals surface area contributed by atoms with Gasteiger partial charge in [-0.15, -0.1) is 0 Å². The molecule has 0 fully saturated rings. The summed E-state index contributed by atoms with van der Waals surface area (Å²) in [6, 6.07) is 0. The van der Waals surface area contributed by atoms with E-state index < -0.39 is 73.2 Å². The van der Waals surface area contributed by atoms with Crippen LogP contribution in [0.1, 0.15) is 13.8 Å². The summed E-state index contributed by atoms with van der Waals surface area (Å²) < 4.78 is 179. The summed E-state index contributed by atoms with van der Waals surface area (Å²) in [4.78, 5) is 21.3. The smallest absolute Gasteiger partial charge is 0.381 e. The molecular formula is C17H16F14O4. The van der Waals surface area contributed by atoms with Gasteiger partial charge in [-0.25, -0.2) is 27.2 Å². The van der Waals surface area contributed by atoms with E-state index in [2.05, 4.69) is 22.6 Å². The molecule has 0 unspecified atom stereocenters. The SMILES string of the molecule is C=C(C)C(=O)OCC(F)(F)C(F)(F)C(F)(F)C(F)F.C=C(C)C(=O)OCC(F)(F)C(F)(F)C(F)F. The molecule has 0 atom stereocenters. The van der Waals surface area contributed by atoms with E-state index in [0.717, 1.165) is 13.8 Å². The molecule has 0 aliphatic carbocycles. The van der Waals surface area contributed by atoms with Crippen LogP contribution in [0.2, 0.25) is 0 Å². The third-order valence-electron chi connectivity index (χ3n) is 3.38. The minimum Gasteiger partial charge on any atom is -0.456 e. The van der Waals surface area contributed by atoms with Crippen molar-refractivity contribution in [3.05, 3.63) is 24.3 Å². The van der Waals surface area contributed by atoms with E-state index in [9.17, 15) is 71.1 Å². The predicted molar refractivity (Wildman–Crippen MR) is 88.3 cm³/mol. The molecular weight excluding hydrogens is 534 g/mol. The molecule has 0 aliphatic rings. The van der Waals surface area contributed by atoms with Gasteiger partial charge in [0.1, 0.15) is 0 Å². The first kappa shape index (κ1) is 34.6. The van der Waals surface area contributed by atoms with Crippen LogP contribution in [0.3, 0.4) is 0 Å². The van der Waals surface area contributed by atoms with Gasteiger partial charge in [0.05, 0.1) is 0 Å². The summed E-state index contributed by atoms with van der Waals surface area (Å²) in [6.07, 6.45) is -9.56. The maximum atomic E-state index is 12.8. The van der Waals surface area contributed by atoms with E-state index in [1.165, 1.54) is 0 Å². The minimum absolute atomic E-state index is 0.309. The second kappa shape index (κ2) is 11.9. The first-order chi connectivity index (χ1) is 15.3. The lowest BCUT2D eigenvalue weighted by Gasteiger charge is -2.31. The maximum Gasteiger partial charge on any atom is 0.381 e. The van der Waals surface area contributed by atoms with E-state index in [0.29, 0.717) is 0 Å². The van der Waals surface area contributed by atoms with E-state index >= 15 is 0 Å². The van der Waals surface area contributed by atoms with Crippen LogP contribution in [-0.4, -0.2) is 67.6 Å². The molecule has 0 rings (SSSR count). The molecule has 0 amide bonds. The van der Waals surface area contributed by atoms with Crippen LogP contribution in [0, 0.1) is 0 Å². The van der Waals surface area contributed by atoms with Crippen molar-refractivity contribution >= 4 is 11.9 Å². The van der Waals surface area contributed by atoms with Crippen LogP contribution in [0.15, 0.2) is 24.3 Å². The molecule has 0 aromatic rings. The molecule has 18 heteroatoms. The second-order valence-corrected chi connectivity index (χ2v) is 6.54. The first-order valence-electron chi connectivity index (χ1n) is 8.40. The lowest BCUT2D eigenvalue weighted by molar-refractivity contribution is -0.344. The third kappa shape index (κ3) is 8.55. The van der Waals surface area contributed by atoms with Gasteiger partial charge < -0.3 is 9.47 Å². The van der Waals surface area contributed by atoms with Gasteiger partial charge in [0, 0.05) is 11.1 Å². The minimum atomic E-state index is -6.39. The van der Waals surface area contributed by atoms with Gasteiger partial charge in [0.15, 0.2) is 13.2 Å². The molecule has 0 saturated heterocycles. The number of ether oxygens (including phenoxy) is 2. The summed E-state index contributed by atoms with van der Waals surface area (Å²) in [5.74, 6) is -31.9. The molecule has 0 saturated carbocycles. The lowest BCUT2D eigenvalue weighted by atomic mass is 10.1. The van der Waals surface area contributed by atoms with Crippen LogP contribution in [0.25, 0.3) is 0 Å². The summed E-state index contributed by atoms with van der Waals surface area (Å²) in [6.45, 7) is 3.38. The lowest BCUT2D eigenvalue weighted by Crippen LogP contribution is -2.59. The van der Waals surface area contributed by atoms with Gasteiger partial charge in [0.2, 0.25) is 0 Å². The second-order valence-electron chi connectivity index (χ2n) is 6.54. The van der Waals surface area contributed by atoms with Crippen LogP contribution in [0.5, 0.6) is 0 Å². The van der Waals surface area contributed by atoms with E-state index in [4.69, 9.17) is 0 Å². The maximum absolute atomic E-state index is 12.8. The number of carbonyl (C=O) groups is 2. The topological polar surface area (TPSA) is 52.6 Å². The molecule has 4 nitrogen and oxygen atoms in total. The Labute approximate surface area is 187 Å². The van der Waals surface area contributed by atoms with Crippen molar-refractivity contribution in [1.82, 2.24) is 0 Å². The first-order valence-corrected chi connectivity index (χ1v) is 8.40. The summed E-state index contributed by atoms with van der Waals surface area (Å²) in [7, 11) is 0. The average Bonchev–Trinajstić information content (AvgIpc) is 2.69. The van der Waals surface area contributed by atoms with Crippen LogP contribution >= 0.6 is 0 Å². The molecule has 0 aromatic carbocycles. The fourth-order valence-corrected chi connectivity index (χ4v) is 1.29. The number of rotatable bonds is 11. The Kier molecular flexibility index (Phi) is 11.8. The van der Waals surface area contributed by atoms with Crippen molar-refractivity contribution in [2.45, 2.75) is 56.3 Å². The van der Waals surface area contributed by atoms with Crippen LogP contribution < -0.4 is 0 Å². The standard InChI is InChI=1S/C9H8F8O2.C8H8F6O2/c1-4(2)5(18)19-3-7(12,13)9(16,17)8(14,15)6(10)11;1-4(2)5(15)16-3-7(11,12)8(13,14)6(9)10/h6H,1,3H2,2H3;6H,1,3H2,2H3. The Balaban J connectivity index is 0. The fourth-order valence-electron chi connectivity index (χ4n) is 1.29. The zero-order valence-corrected chi connectivity index (χ0v) is 17.4. The van der Waals surface area contributed by atoms with Crippen molar-refractivity contribution < 1.29 is 80.5 Å². The van der Waals surface area contributed by atoms with Gasteiger partial charge in [-0.3, -0.25) is 0 Å². The largest absolute Gasteiger partial charge is 0.456 e. The van der Waals surface area contributed by atoms with Gasteiger partial charge in [-0.1, -0.05) is 13.2 Å². The fraction of sp³-hybridized carbons (Fsp3) is 0.647. The normalized spacial score (nSPS) is 13.2. The number of esters is 2. The van der Waals surface area contributed by atoms with Gasteiger partial charge in [-0.05, 0) is 13.8 Å². The molecule has 0 bridgehead atoms. The van der Waals surface area contributed by atoms with Crippen molar-refractivity contribution in [3.8, 4) is 0 Å². The summed E-state index contributed by atoms with van der Waals surface area (Å²) in [5.41, 5.74) is -0.768. The quantitative estimate of drug-likeness (QED) is 0.182. The van der Waals surface area contributed by atoms with E-state index in [1.54, 1.807) is 0 Å². The van der Waals surface area contributed by atoms with Gasteiger partial charge in [-0.2, -0.15) is 43.9 Å². The van der Waals surface area contributed by atoms with Crippen LogP contribution in [0.4, 0.5) is 61.5 Å². The molecule has 0 heterocycles. The summed E-state index contributed by atoms with van der Waals surface area (Å²) in [5, 5.41) is 0. The van der Waals surface area contributed by atoms with Gasteiger partial charge in [0.25, 0.3) is 0 Å². The Hall–Kier alpha value is -2.56. The number of hydrogen-bond acceptors (Lipinski definition) is 4. The Morgan fingerprint density at radius 1 is 0.629 bits per heavy atom. The number of hydrogen-bond donors (Lipinski definition) is 0. The zero-order chi connectivity index (χ0) is 28.8. The molecule has 0 spiro atoms. The predicted octanol–water partition coefficient (Wildman–Crippen LogP) is 5.92. The van der Waals surface area contributed by atoms with E-state index in [1.807, 2.05) is 0 Å². The van der Waals surface area contributed by atoms with E-state index in [-0.39, 0.29) is 5.57 Å². The molecule has 0 aliphatic heterocycles. The monoisotopic (exact) mass is 550 g/mol. The number of halogens is 14. The van der Waals surface area contributed by atoms with Crippen LogP contribution in [-0.2, 0) is 19.1 Å². The number of carbonyl (C=O) groups excluding carboxylic acids is 2. The van der Waals surface area contributed by atoms with Crippen molar-refractivity contribution in [2.24, 2.45) is 0 Å². The Morgan fingerprint density at radius 2 is 0.914 bits per heavy atom. The van der Waals surface area contributed by atoms with Gasteiger partial charge >= 0.3 is 54.4 Å². The highest BCUT2D eigenvalue weighted by molar-refractivity contribution is 5.87. The third-order valence-corrected chi connectivity index (χ3v) is 3.38. The molecule has 206 valence electrons. The Bertz CT molecular complexity index is 777. The number of alkyl halides is 14. The van der Waals surface area contributed by atoms with Crippen molar-refractivity contribution in [3.63, 3.8) is 0 Å². The average molecular weight is 550 g/mol. The highest BCUT2D eigenvalue weighted by Crippen LogP contribution is 2.48. The molecule has 0 N–H and O–H groups in total. The highest BCUT2D eigenvalue weighted by atomic mass is 19.4. The molecule has 0 aromatic heterocycles. The Morgan fingerprint density at radius 3 is 1.17 bits per heavy atom. The molecule has 35 heavy (non-hydrogen) atoms. The summed E-state index contributed by atoms with van der Waals surface area (Å²) >= 11 is 0.